The first kappa shape index (κ1) is 39.5. The number of amides is 6. The summed E-state index contributed by atoms with van der Waals surface area (Å²) in [5, 5.41) is 22.7. The Hall–Kier alpha value is -6.26. The van der Waals surface area contributed by atoms with Gasteiger partial charge in [0.15, 0.2) is 5.96 Å². The van der Waals surface area contributed by atoms with Gasteiger partial charge in [-0.05, 0) is 55.4 Å². The minimum Gasteiger partial charge on any atom is -0.508 e. The molecular weight excluding hydrogens is 686 g/mol. The summed E-state index contributed by atoms with van der Waals surface area (Å²) in [5.74, 6) is -4.95. The van der Waals surface area contributed by atoms with Gasteiger partial charge in [0.1, 0.15) is 23.9 Å². The quantitative estimate of drug-likeness (QED) is 0.0440. The lowest BCUT2D eigenvalue weighted by atomic mass is 10.0. The molecule has 282 valence electrons. The van der Waals surface area contributed by atoms with Crippen molar-refractivity contribution in [3.05, 3.63) is 77.9 Å². The Kier molecular flexibility index (Phi) is 14.4. The van der Waals surface area contributed by atoms with Gasteiger partial charge in [-0.3, -0.25) is 38.6 Å². The zero-order chi connectivity index (χ0) is 38.3. The lowest BCUT2D eigenvalue weighted by molar-refractivity contribution is -0.143. The van der Waals surface area contributed by atoms with Crippen LogP contribution < -0.4 is 38.1 Å². The van der Waals surface area contributed by atoms with Crippen molar-refractivity contribution in [1.82, 2.24) is 31.5 Å². The molecule has 0 spiro atoms. The fraction of sp³-hybridized carbons (Fsp3) is 0.389. The number of hydrogen-bond donors (Lipinski definition) is 8. The SMILES string of the molecule is NC(N)=NCCC[C@@H]1NC(=O)[C@@H]2CCCN2C(=O)[C@H](NC=O)CNC(=O)/C=C/[C@H](Cc2ccc(O)cc2)NC(=O)[C@H](Cc2ccccc2)NC(=O)C1=O. The molecule has 0 saturated carbocycles. The number of aromatic hydroxyl groups is 1. The van der Waals surface area contributed by atoms with Crippen LogP contribution in [0, 0.1) is 0 Å². The average Bonchev–Trinajstić information content (AvgIpc) is 3.64. The number of nitrogens with one attached hydrogen (secondary N) is 5. The van der Waals surface area contributed by atoms with Crippen LogP contribution in [0.3, 0.4) is 0 Å². The second-order valence-corrected chi connectivity index (χ2v) is 12.7. The topological polar surface area (TPSA) is 268 Å². The number of benzene rings is 2. The van der Waals surface area contributed by atoms with E-state index in [1.807, 2.05) is 0 Å². The molecule has 53 heavy (non-hydrogen) atoms. The van der Waals surface area contributed by atoms with E-state index in [4.69, 9.17) is 11.5 Å². The standard InChI is InChI=1S/C36H45N9O8/c37-36(38)39-16-4-8-26-31(49)34(52)44-27(19-22-6-2-1-3-7-22)32(50)42-24(18-23-10-13-25(47)14-11-23)12-15-30(48)40-20-28(41-21-46)35(53)45-17-5-9-29(45)33(51)43-26/h1-3,6-7,10-15,21,24,26-29,47H,4-5,8-9,16-20H2,(H,40,48)(H,41,46)(H,42,50)(H,43,51)(H,44,52)(H4,37,38,39)/b15-12+/t24-,26+,27+,28-,29+/m1/s1. The molecule has 10 N–H and O–H groups in total. The number of hydrogen-bond acceptors (Lipinski definition) is 9. The number of carbonyl (C=O) groups excluding carboxylic acids is 7. The molecule has 2 heterocycles. The fourth-order valence-electron chi connectivity index (χ4n) is 6.09. The Labute approximate surface area is 306 Å². The first-order valence-electron chi connectivity index (χ1n) is 17.2. The van der Waals surface area contributed by atoms with Crippen molar-refractivity contribution >= 4 is 47.7 Å². The van der Waals surface area contributed by atoms with Crippen LogP contribution in [0.4, 0.5) is 0 Å². The van der Waals surface area contributed by atoms with E-state index >= 15 is 0 Å². The van der Waals surface area contributed by atoms with Crippen LogP contribution >= 0.6 is 0 Å². The zero-order valence-corrected chi connectivity index (χ0v) is 29.0. The summed E-state index contributed by atoms with van der Waals surface area (Å²) < 4.78 is 0. The summed E-state index contributed by atoms with van der Waals surface area (Å²) in [6, 6.07) is 9.29. The normalized spacial score (nSPS) is 23.8. The summed E-state index contributed by atoms with van der Waals surface area (Å²) >= 11 is 0. The van der Waals surface area contributed by atoms with E-state index in [9.17, 15) is 38.7 Å². The molecule has 2 aromatic rings. The Morgan fingerprint density at radius 2 is 1.62 bits per heavy atom. The maximum absolute atomic E-state index is 13.9. The molecular formula is C36H45N9O8. The lowest BCUT2D eigenvalue weighted by Crippen LogP contribution is -2.58. The Morgan fingerprint density at radius 3 is 2.32 bits per heavy atom. The van der Waals surface area contributed by atoms with Gasteiger partial charge in [0.2, 0.25) is 35.8 Å². The number of fused-ring (bicyclic) bond motifs is 1. The second kappa shape index (κ2) is 19.4. The first-order chi connectivity index (χ1) is 25.4. The minimum atomic E-state index is -1.37. The third-order valence-electron chi connectivity index (χ3n) is 8.79. The smallest absolute Gasteiger partial charge is 0.290 e. The number of nitrogens with zero attached hydrogens (tertiary/aromatic N) is 2. The van der Waals surface area contributed by atoms with Crippen molar-refractivity contribution < 1.29 is 38.7 Å². The highest BCUT2D eigenvalue weighted by molar-refractivity contribution is 6.38. The summed E-state index contributed by atoms with van der Waals surface area (Å²) in [5.41, 5.74) is 12.2. The van der Waals surface area contributed by atoms with Gasteiger partial charge >= 0.3 is 0 Å². The second-order valence-electron chi connectivity index (χ2n) is 12.7. The molecule has 4 rings (SSSR count). The highest BCUT2D eigenvalue weighted by Gasteiger charge is 2.39. The summed E-state index contributed by atoms with van der Waals surface area (Å²) in [4.78, 5) is 98.2. The van der Waals surface area contributed by atoms with E-state index in [2.05, 4.69) is 31.6 Å². The zero-order valence-electron chi connectivity index (χ0n) is 29.0. The van der Waals surface area contributed by atoms with Crippen molar-refractivity contribution in [2.45, 2.75) is 68.7 Å². The molecule has 0 unspecified atom stereocenters. The van der Waals surface area contributed by atoms with Crippen LogP contribution in [0.15, 0.2) is 71.7 Å². The van der Waals surface area contributed by atoms with Crippen molar-refractivity contribution in [2.75, 3.05) is 19.6 Å². The number of nitrogens with two attached hydrogens (primary N) is 2. The largest absolute Gasteiger partial charge is 0.508 e. The third-order valence-corrected chi connectivity index (χ3v) is 8.79. The van der Waals surface area contributed by atoms with Crippen molar-refractivity contribution in [2.24, 2.45) is 16.5 Å². The van der Waals surface area contributed by atoms with E-state index in [-0.39, 0.29) is 63.4 Å². The molecule has 0 bridgehead atoms. The summed E-state index contributed by atoms with van der Waals surface area (Å²) in [7, 11) is 0. The molecule has 1 saturated heterocycles. The van der Waals surface area contributed by atoms with Crippen LogP contribution in [-0.4, -0.2) is 108 Å². The van der Waals surface area contributed by atoms with Gasteiger partial charge < -0.3 is 48.1 Å². The summed E-state index contributed by atoms with van der Waals surface area (Å²) in [6.07, 6.45) is 3.88. The predicted molar refractivity (Wildman–Crippen MR) is 193 cm³/mol. The third kappa shape index (κ3) is 11.9. The molecule has 5 atom stereocenters. The van der Waals surface area contributed by atoms with Crippen LogP contribution in [0.5, 0.6) is 5.75 Å². The molecule has 2 aliphatic heterocycles. The number of rotatable bonds is 10. The lowest BCUT2D eigenvalue weighted by Gasteiger charge is -2.29. The number of phenolic OH excluding ortho intramolecular Hbond substituents is 1. The van der Waals surface area contributed by atoms with E-state index < -0.39 is 65.5 Å². The number of carbonyl (C=O) groups is 7. The Morgan fingerprint density at radius 1 is 0.906 bits per heavy atom. The van der Waals surface area contributed by atoms with Crippen LogP contribution in [0.1, 0.15) is 36.8 Å². The molecule has 1 fully saturated rings. The van der Waals surface area contributed by atoms with Gasteiger partial charge in [-0.15, -0.1) is 0 Å². The monoisotopic (exact) mass is 731 g/mol. The number of phenols is 1. The van der Waals surface area contributed by atoms with Gasteiger partial charge in [-0.2, -0.15) is 0 Å². The number of ketones is 1. The van der Waals surface area contributed by atoms with E-state index in [0.717, 1.165) is 6.08 Å². The Bertz CT molecular complexity index is 1700. The summed E-state index contributed by atoms with van der Waals surface area (Å²) in [6.45, 7) is -0.0548. The number of Topliss-reactive ketones (excluding diaryl/α,β-unsaturated/α-hetero) is 1. The van der Waals surface area contributed by atoms with Gasteiger partial charge in [0.25, 0.3) is 5.91 Å². The van der Waals surface area contributed by atoms with E-state index in [1.54, 1.807) is 42.5 Å². The Balaban J connectivity index is 1.71. The molecule has 2 aromatic carbocycles. The van der Waals surface area contributed by atoms with Crippen molar-refractivity contribution in [1.29, 1.82) is 0 Å². The molecule has 17 heteroatoms. The molecule has 6 amide bonds. The maximum atomic E-state index is 13.9. The highest BCUT2D eigenvalue weighted by Crippen LogP contribution is 2.20. The number of aliphatic imine (C=N–C) groups is 1. The number of guanidine groups is 1. The van der Waals surface area contributed by atoms with Crippen molar-refractivity contribution in [3.8, 4) is 5.75 Å². The van der Waals surface area contributed by atoms with Gasteiger partial charge in [0.05, 0.1) is 12.1 Å². The van der Waals surface area contributed by atoms with Crippen LogP contribution in [0.25, 0.3) is 0 Å². The van der Waals surface area contributed by atoms with Gasteiger partial charge in [-0.1, -0.05) is 48.5 Å². The average molecular weight is 732 g/mol. The molecule has 0 radical (unpaired) electrons. The molecule has 0 aliphatic carbocycles. The molecule has 0 aromatic heterocycles. The first-order valence-corrected chi connectivity index (χ1v) is 17.2. The predicted octanol–water partition coefficient (Wildman–Crippen LogP) is -1.95. The van der Waals surface area contributed by atoms with Gasteiger partial charge in [-0.25, -0.2) is 0 Å². The van der Waals surface area contributed by atoms with E-state index in [0.29, 0.717) is 24.0 Å². The van der Waals surface area contributed by atoms with Crippen LogP contribution in [0.2, 0.25) is 0 Å². The molecule has 17 nitrogen and oxygen atoms in total. The highest BCUT2D eigenvalue weighted by atomic mass is 16.3. The van der Waals surface area contributed by atoms with E-state index in [1.165, 1.54) is 23.1 Å². The van der Waals surface area contributed by atoms with Crippen molar-refractivity contribution in [3.63, 3.8) is 0 Å². The van der Waals surface area contributed by atoms with Crippen LogP contribution in [-0.2, 0) is 46.4 Å². The molecule has 2 aliphatic rings. The van der Waals surface area contributed by atoms with Gasteiger partial charge in [0, 0.05) is 32.1 Å². The fourth-order valence-corrected chi connectivity index (χ4v) is 6.09. The minimum absolute atomic E-state index is 0.00634. The maximum Gasteiger partial charge on any atom is 0.290 e.